The van der Waals surface area contributed by atoms with Gasteiger partial charge in [0.2, 0.25) is 0 Å². The molecule has 2 rings (SSSR count). The summed E-state index contributed by atoms with van der Waals surface area (Å²) in [5, 5.41) is 6.34. The highest BCUT2D eigenvalue weighted by molar-refractivity contribution is 6.39. The van der Waals surface area contributed by atoms with Gasteiger partial charge in [0.25, 0.3) is 0 Å². The first kappa shape index (κ1) is 20.2. The molecule has 2 aromatic carbocycles. The Morgan fingerprint density at radius 1 is 1.00 bits per heavy atom. The van der Waals surface area contributed by atoms with Crippen molar-refractivity contribution in [2.75, 3.05) is 11.9 Å². The first-order chi connectivity index (χ1) is 13.1. The lowest BCUT2D eigenvalue weighted by Crippen LogP contribution is -2.32. The predicted octanol–water partition coefficient (Wildman–Crippen LogP) is 3.52. The van der Waals surface area contributed by atoms with Crippen LogP contribution in [0.5, 0.6) is 5.75 Å². The van der Waals surface area contributed by atoms with Crippen molar-refractivity contribution in [3.63, 3.8) is 0 Å². The van der Waals surface area contributed by atoms with E-state index in [1.165, 1.54) is 6.21 Å². The minimum atomic E-state index is -0.828. The zero-order valence-corrected chi connectivity index (χ0v) is 15.7. The predicted molar refractivity (Wildman–Crippen MR) is 107 cm³/mol. The minimum Gasteiger partial charge on any atom is -0.494 e. The number of hydrazone groups is 1. The smallest absolute Gasteiger partial charge is 0.329 e. The summed E-state index contributed by atoms with van der Waals surface area (Å²) < 4.78 is 5.58. The summed E-state index contributed by atoms with van der Waals surface area (Å²) in [6.07, 6.45) is 4.48. The Bertz CT molecular complexity index is 768. The standard InChI is InChI=1S/C21H25N3O3/c1-3-5-14-27-19-12-8-17(9-13-19)15-22-24-21(26)20(25)23-18-10-6-16(4-2)7-11-18/h6-13,15H,3-5,14H2,1-2H3,(H,23,25)(H,24,26)/b22-15-. The molecule has 0 aliphatic heterocycles. The number of hydrogen-bond donors (Lipinski definition) is 2. The van der Waals surface area contributed by atoms with E-state index in [0.29, 0.717) is 12.3 Å². The quantitative estimate of drug-likeness (QED) is 0.324. The molecule has 0 radical (unpaired) electrons. The van der Waals surface area contributed by atoms with Crippen molar-refractivity contribution in [3.8, 4) is 5.75 Å². The molecular weight excluding hydrogens is 342 g/mol. The normalized spacial score (nSPS) is 10.6. The van der Waals surface area contributed by atoms with E-state index in [1.54, 1.807) is 12.1 Å². The largest absolute Gasteiger partial charge is 0.494 e. The van der Waals surface area contributed by atoms with Crippen LogP contribution in [0.15, 0.2) is 53.6 Å². The van der Waals surface area contributed by atoms with E-state index in [1.807, 2.05) is 43.3 Å². The summed E-state index contributed by atoms with van der Waals surface area (Å²) >= 11 is 0. The molecule has 0 atom stereocenters. The highest BCUT2D eigenvalue weighted by Crippen LogP contribution is 2.12. The summed E-state index contributed by atoms with van der Waals surface area (Å²) in [6, 6.07) is 14.7. The number of ether oxygens (including phenoxy) is 1. The Hall–Kier alpha value is -3.15. The van der Waals surface area contributed by atoms with Crippen LogP contribution < -0.4 is 15.5 Å². The lowest BCUT2D eigenvalue weighted by molar-refractivity contribution is -0.136. The monoisotopic (exact) mass is 367 g/mol. The number of hydrogen-bond acceptors (Lipinski definition) is 4. The summed E-state index contributed by atoms with van der Waals surface area (Å²) in [6.45, 7) is 4.85. The van der Waals surface area contributed by atoms with Gasteiger partial charge in [-0.15, -0.1) is 0 Å². The first-order valence-corrected chi connectivity index (χ1v) is 9.08. The molecule has 2 N–H and O–H groups in total. The average Bonchev–Trinajstić information content (AvgIpc) is 2.70. The second-order valence-electron chi connectivity index (χ2n) is 5.97. The lowest BCUT2D eigenvalue weighted by Gasteiger charge is -2.05. The SMILES string of the molecule is CCCCOc1ccc(/C=N\NC(=O)C(=O)Nc2ccc(CC)cc2)cc1. The molecule has 0 unspecified atom stereocenters. The Labute approximate surface area is 159 Å². The average molecular weight is 367 g/mol. The van der Waals surface area contributed by atoms with Crippen molar-refractivity contribution >= 4 is 23.7 Å². The minimum absolute atomic E-state index is 0.565. The molecule has 0 aromatic heterocycles. The van der Waals surface area contributed by atoms with E-state index in [2.05, 4.69) is 22.8 Å². The van der Waals surface area contributed by atoms with Crippen LogP contribution in [0.4, 0.5) is 5.69 Å². The third kappa shape index (κ3) is 6.93. The molecule has 0 bridgehead atoms. The van der Waals surface area contributed by atoms with Gasteiger partial charge in [0.15, 0.2) is 0 Å². The summed E-state index contributed by atoms with van der Waals surface area (Å²) in [5.74, 6) is -0.806. The van der Waals surface area contributed by atoms with Crippen LogP contribution in [-0.2, 0) is 16.0 Å². The van der Waals surface area contributed by atoms with Crippen molar-refractivity contribution in [3.05, 3.63) is 59.7 Å². The lowest BCUT2D eigenvalue weighted by atomic mass is 10.1. The Morgan fingerprint density at radius 2 is 1.70 bits per heavy atom. The highest BCUT2D eigenvalue weighted by atomic mass is 16.5. The molecule has 0 saturated carbocycles. The number of unbranched alkanes of at least 4 members (excludes halogenated alkanes) is 1. The fourth-order valence-corrected chi connectivity index (χ4v) is 2.21. The van der Waals surface area contributed by atoms with Crippen molar-refractivity contribution in [2.24, 2.45) is 5.10 Å². The second-order valence-corrected chi connectivity index (χ2v) is 5.97. The highest BCUT2D eigenvalue weighted by Gasteiger charge is 2.12. The molecule has 0 aliphatic rings. The van der Waals surface area contributed by atoms with Gasteiger partial charge in [0.1, 0.15) is 5.75 Å². The molecule has 6 nitrogen and oxygen atoms in total. The number of anilines is 1. The van der Waals surface area contributed by atoms with Gasteiger partial charge < -0.3 is 10.1 Å². The molecule has 2 aromatic rings. The van der Waals surface area contributed by atoms with Gasteiger partial charge in [-0.3, -0.25) is 9.59 Å². The summed E-state index contributed by atoms with van der Waals surface area (Å²) in [5.41, 5.74) is 4.72. The molecule has 27 heavy (non-hydrogen) atoms. The van der Waals surface area contributed by atoms with Crippen LogP contribution in [0.25, 0.3) is 0 Å². The fraction of sp³-hybridized carbons (Fsp3) is 0.286. The molecule has 0 fully saturated rings. The van der Waals surface area contributed by atoms with E-state index in [0.717, 1.165) is 36.1 Å². The third-order valence-corrected chi connectivity index (χ3v) is 3.85. The van der Waals surface area contributed by atoms with Crippen molar-refractivity contribution in [1.82, 2.24) is 5.43 Å². The van der Waals surface area contributed by atoms with E-state index < -0.39 is 11.8 Å². The number of amides is 2. The van der Waals surface area contributed by atoms with Gasteiger partial charge in [0, 0.05) is 5.69 Å². The zero-order chi connectivity index (χ0) is 19.5. The maximum Gasteiger partial charge on any atom is 0.329 e. The number of benzene rings is 2. The molecule has 0 spiro atoms. The molecular formula is C21H25N3O3. The summed E-state index contributed by atoms with van der Waals surface area (Å²) in [7, 11) is 0. The van der Waals surface area contributed by atoms with Crippen LogP contribution in [0, 0.1) is 0 Å². The maximum absolute atomic E-state index is 11.9. The van der Waals surface area contributed by atoms with Gasteiger partial charge >= 0.3 is 11.8 Å². The van der Waals surface area contributed by atoms with E-state index in [-0.39, 0.29) is 0 Å². The number of rotatable bonds is 8. The molecule has 2 amide bonds. The van der Waals surface area contributed by atoms with E-state index >= 15 is 0 Å². The van der Waals surface area contributed by atoms with Crippen molar-refractivity contribution < 1.29 is 14.3 Å². The van der Waals surface area contributed by atoms with Gasteiger partial charge in [-0.05, 0) is 60.4 Å². The van der Waals surface area contributed by atoms with Gasteiger partial charge in [-0.2, -0.15) is 5.10 Å². The fourth-order valence-electron chi connectivity index (χ4n) is 2.21. The van der Waals surface area contributed by atoms with Crippen LogP contribution in [0.2, 0.25) is 0 Å². The Kier molecular flexibility index (Phi) is 8.03. The number of aryl methyl sites for hydroxylation is 1. The third-order valence-electron chi connectivity index (χ3n) is 3.85. The van der Waals surface area contributed by atoms with E-state index in [9.17, 15) is 9.59 Å². The van der Waals surface area contributed by atoms with Crippen molar-refractivity contribution in [1.29, 1.82) is 0 Å². The number of nitrogens with one attached hydrogen (secondary N) is 2. The van der Waals surface area contributed by atoms with Crippen LogP contribution in [0.1, 0.15) is 37.8 Å². The van der Waals surface area contributed by atoms with E-state index in [4.69, 9.17) is 4.74 Å². The van der Waals surface area contributed by atoms with Crippen molar-refractivity contribution in [2.45, 2.75) is 33.1 Å². The van der Waals surface area contributed by atoms with Gasteiger partial charge in [0.05, 0.1) is 12.8 Å². The second kappa shape index (κ2) is 10.8. The van der Waals surface area contributed by atoms with Crippen LogP contribution >= 0.6 is 0 Å². The van der Waals surface area contributed by atoms with Crippen LogP contribution in [-0.4, -0.2) is 24.6 Å². The number of carbonyl (C=O) groups is 2. The first-order valence-electron chi connectivity index (χ1n) is 9.08. The Balaban J connectivity index is 1.80. The van der Waals surface area contributed by atoms with Crippen LogP contribution in [0.3, 0.4) is 0 Å². The molecule has 0 aliphatic carbocycles. The maximum atomic E-state index is 11.9. The molecule has 142 valence electrons. The molecule has 6 heteroatoms. The topological polar surface area (TPSA) is 79.8 Å². The zero-order valence-electron chi connectivity index (χ0n) is 15.7. The molecule has 0 heterocycles. The molecule has 0 saturated heterocycles. The van der Waals surface area contributed by atoms with Gasteiger partial charge in [-0.25, -0.2) is 5.43 Å². The summed E-state index contributed by atoms with van der Waals surface area (Å²) in [4.78, 5) is 23.7. The Morgan fingerprint density at radius 3 is 2.33 bits per heavy atom. The number of nitrogens with zero attached hydrogens (tertiary/aromatic N) is 1. The number of carbonyl (C=O) groups excluding carboxylic acids is 2. The van der Waals surface area contributed by atoms with Gasteiger partial charge in [-0.1, -0.05) is 32.4 Å².